The van der Waals surface area contributed by atoms with E-state index >= 15 is 0 Å². The normalized spacial score (nSPS) is 14.4. The van der Waals surface area contributed by atoms with Crippen LogP contribution in [0.5, 0.6) is 0 Å². The van der Waals surface area contributed by atoms with Crippen LogP contribution in [0, 0.1) is 27.7 Å². The number of fused-ring (bicyclic) bond motifs is 9. The Balaban J connectivity index is 1.40. The van der Waals surface area contributed by atoms with Crippen LogP contribution in [0.15, 0.2) is 133 Å². The van der Waals surface area contributed by atoms with Crippen molar-refractivity contribution in [2.45, 2.75) is 38.5 Å². The molecule has 260 valence electrons. The van der Waals surface area contributed by atoms with E-state index in [4.69, 9.17) is 0 Å². The molecule has 54 heavy (non-hydrogen) atoms. The third-order valence-corrected chi connectivity index (χ3v) is 14.5. The summed E-state index contributed by atoms with van der Waals surface area (Å²) >= 11 is 3.77. The van der Waals surface area contributed by atoms with E-state index in [9.17, 15) is 9.59 Å². The van der Waals surface area contributed by atoms with Crippen LogP contribution in [-0.4, -0.2) is 12.6 Å². The summed E-state index contributed by atoms with van der Waals surface area (Å²) in [7, 11) is 0. The molecule has 0 N–H and O–H groups in total. The molecular formula is C50H36O2S2. The zero-order valence-electron chi connectivity index (χ0n) is 30.5. The molecule has 4 heteroatoms. The van der Waals surface area contributed by atoms with Gasteiger partial charge >= 0.3 is 0 Å². The number of carbonyl (C=O) groups is 2. The number of carbonyl (C=O) groups excluding carboxylic acids is 2. The summed E-state index contributed by atoms with van der Waals surface area (Å²) in [6, 6.07) is 48.5. The molecule has 2 nitrogen and oxygen atoms in total. The highest BCUT2D eigenvalue weighted by atomic mass is 32.1. The summed E-state index contributed by atoms with van der Waals surface area (Å²) in [5.74, 6) is 0. The van der Waals surface area contributed by atoms with Crippen LogP contribution in [0.1, 0.15) is 87.5 Å². The van der Waals surface area contributed by atoms with Crippen molar-refractivity contribution >= 4 is 44.6 Å². The topological polar surface area (TPSA) is 34.1 Å². The summed E-state index contributed by atoms with van der Waals surface area (Å²) in [6.45, 7) is 8.54. The molecule has 0 aliphatic heterocycles. The predicted octanol–water partition coefficient (Wildman–Crippen LogP) is 12.5. The van der Waals surface area contributed by atoms with Gasteiger partial charge in [-0.15, -0.1) is 22.7 Å². The second-order valence-corrected chi connectivity index (χ2v) is 17.1. The van der Waals surface area contributed by atoms with Crippen molar-refractivity contribution in [2.24, 2.45) is 0 Å². The molecular weight excluding hydrogens is 697 g/mol. The van der Waals surface area contributed by atoms with Crippen molar-refractivity contribution in [3.63, 3.8) is 0 Å². The van der Waals surface area contributed by atoms with E-state index in [1.54, 1.807) is 0 Å². The zero-order chi connectivity index (χ0) is 36.9. The van der Waals surface area contributed by atoms with E-state index in [-0.39, 0.29) is 0 Å². The highest BCUT2D eigenvalue weighted by Crippen LogP contribution is 2.68. The van der Waals surface area contributed by atoms with Crippen LogP contribution in [0.25, 0.3) is 30.3 Å². The molecule has 0 saturated heterocycles. The van der Waals surface area contributed by atoms with Gasteiger partial charge in [0.2, 0.25) is 0 Å². The van der Waals surface area contributed by atoms with Crippen LogP contribution in [0.3, 0.4) is 0 Å². The smallest absolute Gasteiger partial charge is 0.150 e. The Morgan fingerprint density at radius 2 is 0.704 bits per heavy atom. The number of rotatable bonds is 6. The predicted molar refractivity (Wildman–Crippen MR) is 224 cm³/mol. The number of hydrogen-bond acceptors (Lipinski definition) is 4. The standard InChI is InChI=1S/C50H36O2S2/c1-29-5-15-35(16-6-29)49(36-17-7-30(2)8-18-36)41-25-33(27-51)13-23-39(41)45-43(49)47-48(53-45)44-46(54-47)40-24-14-34(28-52)26-42(40)50(44,37-19-9-31(3)10-20-37)38-21-11-32(4)12-22-38/h5-28H,1-4H3. The second-order valence-electron chi connectivity index (χ2n) is 15.1. The van der Waals surface area contributed by atoms with E-state index in [1.165, 1.54) is 85.9 Å². The molecule has 0 saturated carbocycles. The summed E-state index contributed by atoms with van der Waals surface area (Å²) in [6.07, 6.45) is 1.94. The van der Waals surface area contributed by atoms with Crippen molar-refractivity contribution in [2.75, 3.05) is 0 Å². The molecule has 0 unspecified atom stereocenters. The Labute approximate surface area is 323 Å². The van der Waals surface area contributed by atoms with Gasteiger partial charge in [0.15, 0.2) is 0 Å². The van der Waals surface area contributed by atoms with Crippen LogP contribution in [-0.2, 0) is 10.8 Å². The lowest BCUT2D eigenvalue weighted by molar-refractivity contribution is 0.111. The van der Waals surface area contributed by atoms with Gasteiger partial charge in [0, 0.05) is 32.0 Å². The number of aryl methyl sites for hydroxylation is 4. The van der Waals surface area contributed by atoms with Crippen LogP contribution >= 0.6 is 22.7 Å². The number of thiophene rings is 2. The average Bonchev–Trinajstić information content (AvgIpc) is 3.90. The van der Waals surface area contributed by atoms with Gasteiger partial charge in [-0.2, -0.15) is 0 Å². The first kappa shape index (κ1) is 32.9. The van der Waals surface area contributed by atoms with E-state index in [1.807, 2.05) is 34.8 Å². The number of hydrogen-bond donors (Lipinski definition) is 0. The van der Waals surface area contributed by atoms with Gasteiger partial charge in [0.25, 0.3) is 0 Å². The minimum absolute atomic E-state index is 0.650. The first-order valence-electron chi connectivity index (χ1n) is 18.4. The van der Waals surface area contributed by atoms with Gasteiger partial charge in [0.05, 0.1) is 20.2 Å². The number of aldehydes is 2. The van der Waals surface area contributed by atoms with Gasteiger partial charge in [-0.25, -0.2) is 0 Å². The fraction of sp³-hybridized carbons (Fsp3) is 0.120. The first-order valence-corrected chi connectivity index (χ1v) is 20.0. The fourth-order valence-corrected chi connectivity index (χ4v) is 12.5. The lowest BCUT2D eigenvalue weighted by Gasteiger charge is -2.34. The summed E-state index contributed by atoms with van der Waals surface area (Å²) in [5.41, 5.74) is 16.9. The van der Waals surface area contributed by atoms with Gasteiger partial charge in [-0.1, -0.05) is 144 Å². The molecule has 0 spiro atoms. The van der Waals surface area contributed by atoms with Gasteiger partial charge in [0.1, 0.15) is 12.6 Å². The maximum Gasteiger partial charge on any atom is 0.150 e. The van der Waals surface area contributed by atoms with Crippen molar-refractivity contribution in [1.29, 1.82) is 0 Å². The van der Waals surface area contributed by atoms with Crippen LogP contribution in [0.2, 0.25) is 0 Å². The summed E-state index contributed by atoms with van der Waals surface area (Å²) in [5, 5.41) is 0. The summed E-state index contributed by atoms with van der Waals surface area (Å²) < 4.78 is 2.55. The SMILES string of the molecule is Cc1ccc(C2(c3ccc(C)cc3)c3cc(C=O)ccc3-c3sc4c5c(sc4c32)-c2ccc(C=O)cc2C5(c2ccc(C)cc2)c2ccc(C)cc2)cc1. The summed E-state index contributed by atoms with van der Waals surface area (Å²) in [4.78, 5) is 27.4. The van der Waals surface area contributed by atoms with Crippen LogP contribution < -0.4 is 0 Å². The first-order chi connectivity index (χ1) is 26.3. The molecule has 0 amide bonds. The van der Waals surface area contributed by atoms with Crippen molar-refractivity contribution in [1.82, 2.24) is 0 Å². The van der Waals surface area contributed by atoms with E-state index in [0.29, 0.717) is 11.1 Å². The molecule has 2 heterocycles. The lowest BCUT2D eigenvalue weighted by atomic mass is 9.66. The fourth-order valence-electron chi connectivity index (χ4n) is 9.30. The molecule has 6 aromatic carbocycles. The zero-order valence-corrected chi connectivity index (χ0v) is 32.1. The van der Waals surface area contributed by atoms with Gasteiger partial charge < -0.3 is 0 Å². The van der Waals surface area contributed by atoms with Gasteiger partial charge in [-0.3, -0.25) is 9.59 Å². The Hall–Kier alpha value is -5.68. The van der Waals surface area contributed by atoms with Crippen molar-refractivity contribution < 1.29 is 9.59 Å². The van der Waals surface area contributed by atoms with Crippen molar-refractivity contribution in [3.05, 3.63) is 211 Å². The van der Waals surface area contributed by atoms with E-state index in [2.05, 4.69) is 149 Å². The Bertz CT molecular complexity index is 2530. The third kappa shape index (κ3) is 4.32. The molecule has 0 bridgehead atoms. The highest BCUT2D eigenvalue weighted by molar-refractivity contribution is 7.32. The molecule has 0 radical (unpaired) electrons. The van der Waals surface area contributed by atoms with E-state index < -0.39 is 10.8 Å². The largest absolute Gasteiger partial charge is 0.298 e. The molecule has 0 atom stereocenters. The third-order valence-electron chi connectivity index (χ3n) is 11.9. The Morgan fingerprint density at radius 3 is 0.981 bits per heavy atom. The maximum atomic E-state index is 12.4. The Kier molecular flexibility index (Phi) is 7.26. The minimum Gasteiger partial charge on any atom is -0.298 e. The maximum absolute atomic E-state index is 12.4. The average molecular weight is 733 g/mol. The number of benzene rings is 6. The van der Waals surface area contributed by atoms with Crippen LogP contribution in [0.4, 0.5) is 0 Å². The minimum atomic E-state index is -0.650. The molecule has 0 fully saturated rings. The monoisotopic (exact) mass is 732 g/mol. The second kappa shape index (κ2) is 11.9. The lowest BCUT2D eigenvalue weighted by Crippen LogP contribution is -2.29. The molecule has 2 aliphatic rings. The van der Waals surface area contributed by atoms with E-state index in [0.717, 1.165) is 23.7 Å². The molecule has 2 aliphatic carbocycles. The Morgan fingerprint density at radius 1 is 0.407 bits per heavy atom. The molecule has 2 aromatic heterocycles. The quantitative estimate of drug-likeness (QED) is 0.160. The highest BCUT2D eigenvalue weighted by Gasteiger charge is 2.53. The molecule has 10 rings (SSSR count). The van der Waals surface area contributed by atoms with Gasteiger partial charge in [-0.05, 0) is 84.3 Å². The molecule has 8 aromatic rings. The van der Waals surface area contributed by atoms with Crippen molar-refractivity contribution in [3.8, 4) is 20.9 Å².